The number of benzene rings is 2. The van der Waals surface area contributed by atoms with Gasteiger partial charge in [-0.3, -0.25) is 4.79 Å². The van der Waals surface area contributed by atoms with Crippen LogP contribution in [0.15, 0.2) is 48.5 Å². The van der Waals surface area contributed by atoms with Crippen LogP contribution in [0, 0.1) is 0 Å². The second kappa shape index (κ2) is 7.45. The van der Waals surface area contributed by atoms with E-state index in [4.69, 9.17) is 4.74 Å². The molecule has 2 rings (SSSR count). The molecule has 0 saturated heterocycles. The van der Waals surface area contributed by atoms with Crippen molar-refractivity contribution >= 4 is 11.6 Å². The molecule has 1 amide bonds. The molecule has 0 bridgehead atoms. The van der Waals surface area contributed by atoms with Gasteiger partial charge in [-0.1, -0.05) is 30.3 Å². The number of anilines is 1. The molecule has 0 fully saturated rings. The number of para-hydroxylation sites is 1. The smallest absolute Gasteiger partial charge is 0.221 e. The number of carbonyl (C=O) groups excluding carboxylic acids is 1. The predicted octanol–water partition coefficient (Wildman–Crippen LogP) is 2.94. The Bertz CT molecular complexity index is 611. The summed E-state index contributed by atoms with van der Waals surface area (Å²) in [6.07, 6.45) is 0. The maximum atomic E-state index is 11.2. The zero-order valence-corrected chi connectivity index (χ0v) is 12.3. The maximum absolute atomic E-state index is 11.2. The van der Waals surface area contributed by atoms with Crippen LogP contribution in [0.1, 0.15) is 18.1 Å². The zero-order valence-electron chi connectivity index (χ0n) is 12.3. The minimum atomic E-state index is -0.0600. The minimum Gasteiger partial charge on any atom is -0.497 e. The normalized spacial score (nSPS) is 10.2. The third-order valence-electron chi connectivity index (χ3n) is 3.11. The predicted molar refractivity (Wildman–Crippen MR) is 84.3 cm³/mol. The van der Waals surface area contributed by atoms with Crippen LogP contribution in [0.3, 0.4) is 0 Å². The van der Waals surface area contributed by atoms with Crippen LogP contribution in [-0.4, -0.2) is 13.0 Å². The first-order valence-electron chi connectivity index (χ1n) is 6.88. The summed E-state index contributed by atoms with van der Waals surface area (Å²) in [5.74, 6) is 0.795. The second-order valence-electron chi connectivity index (χ2n) is 4.79. The van der Waals surface area contributed by atoms with Crippen LogP contribution >= 0.6 is 0 Å². The lowest BCUT2D eigenvalue weighted by Crippen LogP contribution is -2.15. The molecule has 0 aliphatic carbocycles. The van der Waals surface area contributed by atoms with Crippen molar-refractivity contribution in [3.05, 3.63) is 59.7 Å². The highest BCUT2D eigenvalue weighted by molar-refractivity contribution is 5.89. The van der Waals surface area contributed by atoms with Gasteiger partial charge in [0.1, 0.15) is 5.75 Å². The first-order chi connectivity index (χ1) is 10.2. The molecule has 4 heteroatoms. The van der Waals surface area contributed by atoms with Crippen molar-refractivity contribution in [3.8, 4) is 5.75 Å². The van der Waals surface area contributed by atoms with E-state index in [1.807, 2.05) is 42.5 Å². The Morgan fingerprint density at radius 1 is 1.10 bits per heavy atom. The Hall–Kier alpha value is -2.33. The topological polar surface area (TPSA) is 50.4 Å². The van der Waals surface area contributed by atoms with Crippen molar-refractivity contribution in [1.82, 2.24) is 5.32 Å². The number of rotatable bonds is 6. The van der Waals surface area contributed by atoms with Crippen molar-refractivity contribution in [3.63, 3.8) is 0 Å². The molecular weight excluding hydrogens is 264 g/mol. The van der Waals surface area contributed by atoms with Crippen LogP contribution < -0.4 is 15.4 Å². The summed E-state index contributed by atoms with van der Waals surface area (Å²) in [6.45, 7) is 2.94. The standard InChI is InChI=1S/C17H20N2O2/c1-13(20)19-17-9-4-3-7-15(17)12-18-11-14-6-5-8-16(10-14)21-2/h3-10,18H,11-12H2,1-2H3,(H,19,20). The van der Waals surface area contributed by atoms with Gasteiger partial charge >= 0.3 is 0 Å². The van der Waals surface area contributed by atoms with Gasteiger partial charge in [0.2, 0.25) is 5.91 Å². The summed E-state index contributed by atoms with van der Waals surface area (Å²) >= 11 is 0. The van der Waals surface area contributed by atoms with Gasteiger partial charge in [-0.25, -0.2) is 0 Å². The Morgan fingerprint density at radius 3 is 2.67 bits per heavy atom. The number of hydrogen-bond acceptors (Lipinski definition) is 3. The number of amides is 1. The van der Waals surface area contributed by atoms with Gasteiger partial charge in [0.25, 0.3) is 0 Å². The first-order valence-corrected chi connectivity index (χ1v) is 6.88. The lowest BCUT2D eigenvalue weighted by molar-refractivity contribution is -0.114. The summed E-state index contributed by atoms with van der Waals surface area (Å²) in [4.78, 5) is 11.2. The summed E-state index contributed by atoms with van der Waals surface area (Å²) in [7, 11) is 1.66. The third-order valence-corrected chi connectivity index (χ3v) is 3.11. The molecule has 0 spiro atoms. The van der Waals surface area contributed by atoms with Crippen LogP contribution in [-0.2, 0) is 17.9 Å². The molecule has 2 aromatic rings. The van der Waals surface area contributed by atoms with E-state index in [2.05, 4.69) is 16.7 Å². The molecule has 0 atom stereocenters. The Kier molecular flexibility index (Phi) is 5.35. The summed E-state index contributed by atoms with van der Waals surface area (Å²) in [6, 6.07) is 15.7. The van der Waals surface area contributed by atoms with Gasteiger partial charge in [0, 0.05) is 25.7 Å². The molecular formula is C17H20N2O2. The average Bonchev–Trinajstić information content (AvgIpc) is 2.49. The van der Waals surface area contributed by atoms with Gasteiger partial charge in [-0.15, -0.1) is 0 Å². The Morgan fingerprint density at radius 2 is 1.90 bits per heavy atom. The van der Waals surface area contributed by atoms with E-state index >= 15 is 0 Å². The SMILES string of the molecule is COc1cccc(CNCc2ccccc2NC(C)=O)c1. The van der Waals surface area contributed by atoms with Crippen LogP contribution in [0.2, 0.25) is 0 Å². The van der Waals surface area contributed by atoms with E-state index in [9.17, 15) is 4.79 Å². The van der Waals surface area contributed by atoms with E-state index < -0.39 is 0 Å². The molecule has 110 valence electrons. The molecule has 2 N–H and O–H groups in total. The van der Waals surface area contributed by atoms with Crippen LogP contribution in [0.25, 0.3) is 0 Å². The fraction of sp³-hybridized carbons (Fsp3) is 0.235. The molecule has 4 nitrogen and oxygen atoms in total. The fourth-order valence-corrected chi connectivity index (χ4v) is 2.11. The molecule has 0 aromatic heterocycles. The lowest BCUT2D eigenvalue weighted by atomic mass is 10.1. The van der Waals surface area contributed by atoms with Gasteiger partial charge in [0.15, 0.2) is 0 Å². The van der Waals surface area contributed by atoms with Crippen molar-refractivity contribution in [2.45, 2.75) is 20.0 Å². The highest BCUT2D eigenvalue weighted by Crippen LogP contribution is 2.16. The summed E-state index contributed by atoms with van der Waals surface area (Å²) < 4.78 is 5.21. The maximum Gasteiger partial charge on any atom is 0.221 e. The Balaban J connectivity index is 1.95. The van der Waals surface area contributed by atoms with E-state index in [1.54, 1.807) is 7.11 Å². The van der Waals surface area contributed by atoms with E-state index in [1.165, 1.54) is 6.92 Å². The zero-order chi connectivity index (χ0) is 15.1. The number of hydrogen-bond donors (Lipinski definition) is 2. The second-order valence-corrected chi connectivity index (χ2v) is 4.79. The third kappa shape index (κ3) is 4.61. The highest BCUT2D eigenvalue weighted by Gasteiger charge is 2.03. The largest absolute Gasteiger partial charge is 0.497 e. The molecule has 0 radical (unpaired) electrons. The van der Waals surface area contributed by atoms with Crippen molar-refractivity contribution in [2.24, 2.45) is 0 Å². The quantitative estimate of drug-likeness (QED) is 0.857. The minimum absolute atomic E-state index is 0.0600. The van der Waals surface area contributed by atoms with Crippen molar-refractivity contribution in [1.29, 1.82) is 0 Å². The molecule has 0 saturated carbocycles. The number of methoxy groups -OCH3 is 1. The molecule has 0 heterocycles. The number of nitrogens with one attached hydrogen (secondary N) is 2. The van der Waals surface area contributed by atoms with Crippen molar-refractivity contribution in [2.75, 3.05) is 12.4 Å². The molecule has 0 unspecified atom stereocenters. The summed E-state index contributed by atoms with van der Waals surface area (Å²) in [5, 5.41) is 6.22. The van der Waals surface area contributed by atoms with Gasteiger partial charge in [-0.05, 0) is 29.3 Å². The molecule has 21 heavy (non-hydrogen) atoms. The van der Waals surface area contributed by atoms with Gasteiger partial charge in [0.05, 0.1) is 7.11 Å². The van der Waals surface area contributed by atoms with Gasteiger partial charge < -0.3 is 15.4 Å². The van der Waals surface area contributed by atoms with E-state index in [-0.39, 0.29) is 5.91 Å². The fourth-order valence-electron chi connectivity index (χ4n) is 2.11. The van der Waals surface area contributed by atoms with E-state index in [0.29, 0.717) is 6.54 Å². The Labute approximate surface area is 125 Å². The van der Waals surface area contributed by atoms with E-state index in [0.717, 1.165) is 29.1 Å². The first kappa shape index (κ1) is 15.1. The molecule has 0 aliphatic heterocycles. The monoisotopic (exact) mass is 284 g/mol. The number of carbonyl (C=O) groups is 1. The molecule has 2 aromatic carbocycles. The average molecular weight is 284 g/mol. The van der Waals surface area contributed by atoms with Crippen LogP contribution in [0.4, 0.5) is 5.69 Å². The van der Waals surface area contributed by atoms with Crippen LogP contribution in [0.5, 0.6) is 5.75 Å². The van der Waals surface area contributed by atoms with Gasteiger partial charge in [-0.2, -0.15) is 0 Å². The lowest BCUT2D eigenvalue weighted by Gasteiger charge is -2.11. The number of ether oxygens (including phenoxy) is 1. The summed E-state index contributed by atoms with van der Waals surface area (Å²) in [5.41, 5.74) is 3.07. The van der Waals surface area contributed by atoms with Crippen molar-refractivity contribution < 1.29 is 9.53 Å². The molecule has 0 aliphatic rings. The highest BCUT2D eigenvalue weighted by atomic mass is 16.5.